The quantitative estimate of drug-likeness (QED) is 0.654. The lowest BCUT2D eigenvalue weighted by Gasteiger charge is -2.26. The lowest BCUT2D eigenvalue weighted by atomic mass is 9.92. The highest BCUT2D eigenvalue weighted by Gasteiger charge is 2.26. The summed E-state index contributed by atoms with van der Waals surface area (Å²) in [5, 5.41) is 2.95. The fourth-order valence-corrected chi connectivity index (χ4v) is 2.46. The van der Waals surface area contributed by atoms with Gasteiger partial charge in [0.05, 0.1) is 6.04 Å². The van der Waals surface area contributed by atoms with Crippen LogP contribution >= 0.6 is 24.8 Å². The van der Waals surface area contributed by atoms with Crippen molar-refractivity contribution in [2.45, 2.75) is 39.2 Å². The second-order valence-electron chi connectivity index (χ2n) is 5.15. The van der Waals surface area contributed by atoms with Crippen LogP contribution in [0.25, 0.3) is 0 Å². The first-order valence-corrected chi connectivity index (χ1v) is 7.52. The van der Waals surface area contributed by atoms with Gasteiger partial charge in [0.25, 0.3) is 0 Å². The van der Waals surface area contributed by atoms with Crippen molar-refractivity contribution in [3.8, 4) is 0 Å². The SMILES string of the molecule is CCN(CC)CCCNC(=O)C(N)C1CCOCC1.Cl.Cl. The molecule has 0 aromatic carbocycles. The largest absolute Gasteiger partial charge is 0.381 e. The van der Waals surface area contributed by atoms with Gasteiger partial charge in [0.2, 0.25) is 5.91 Å². The van der Waals surface area contributed by atoms with Gasteiger partial charge in [-0.25, -0.2) is 0 Å². The standard InChI is InChI=1S/C14H29N3O2.2ClH/c1-3-17(4-2)9-5-8-16-14(18)13(15)12-6-10-19-11-7-12;;/h12-13H,3-11,15H2,1-2H3,(H,16,18);2*1H. The average molecular weight is 344 g/mol. The molecule has 0 saturated carbocycles. The zero-order valence-corrected chi connectivity index (χ0v) is 14.8. The van der Waals surface area contributed by atoms with Crippen LogP contribution in [0, 0.1) is 5.92 Å². The summed E-state index contributed by atoms with van der Waals surface area (Å²) >= 11 is 0. The van der Waals surface area contributed by atoms with Gasteiger partial charge in [-0.05, 0) is 44.8 Å². The molecule has 0 aliphatic carbocycles. The van der Waals surface area contributed by atoms with Crippen molar-refractivity contribution in [2.24, 2.45) is 11.7 Å². The van der Waals surface area contributed by atoms with Gasteiger partial charge >= 0.3 is 0 Å². The van der Waals surface area contributed by atoms with E-state index in [4.69, 9.17) is 10.5 Å². The Bertz CT molecular complexity index is 261. The van der Waals surface area contributed by atoms with Gasteiger partial charge in [0.1, 0.15) is 0 Å². The Morgan fingerprint density at radius 1 is 1.29 bits per heavy atom. The highest BCUT2D eigenvalue weighted by atomic mass is 35.5. The molecule has 128 valence electrons. The summed E-state index contributed by atoms with van der Waals surface area (Å²) in [4.78, 5) is 14.3. The Balaban J connectivity index is 0. The number of ether oxygens (including phenoxy) is 1. The summed E-state index contributed by atoms with van der Waals surface area (Å²) in [6, 6.07) is -0.377. The van der Waals surface area contributed by atoms with Crippen LogP contribution in [-0.4, -0.2) is 56.2 Å². The molecule has 1 aliphatic rings. The van der Waals surface area contributed by atoms with Gasteiger partial charge in [-0.1, -0.05) is 13.8 Å². The molecule has 7 heteroatoms. The second-order valence-corrected chi connectivity index (χ2v) is 5.15. The van der Waals surface area contributed by atoms with Gasteiger partial charge < -0.3 is 20.7 Å². The van der Waals surface area contributed by atoms with E-state index < -0.39 is 0 Å². The minimum atomic E-state index is -0.377. The highest BCUT2D eigenvalue weighted by Crippen LogP contribution is 2.17. The lowest BCUT2D eigenvalue weighted by molar-refractivity contribution is -0.124. The molecular weight excluding hydrogens is 313 g/mol. The number of halogens is 2. The molecule has 0 aromatic heterocycles. The van der Waals surface area contributed by atoms with E-state index >= 15 is 0 Å². The van der Waals surface area contributed by atoms with E-state index in [1.165, 1.54) is 0 Å². The minimum absolute atomic E-state index is 0. The van der Waals surface area contributed by atoms with E-state index in [0.29, 0.717) is 6.54 Å². The van der Waals surface area contributed by atoms with Crippen molar-refractivity contribution in [1.82, 2.24) is 10.2 Å². The maximum Gasteiger partial charge on any atom is 0.237 e. The van der Waals surface area contributed by atoms with Crippen molar-refractivity contribution in [3.63, 3.8) is 0 Å². The average Bonchev–Trinajstić information content (AvgIpc) is 2.47. The number of carbonyl (C=O) groups excluding carboxylic acids is 1. The molecule has 1 aliphatic heterocycles. The van der Waals surface area contributed by atoms with Crippen molar-refractivity contribution in [2.75, 3.05) is 39.4 Å². The maximum atomic E-state index is 11.9. The molecule has 21 heavy (non-hydrogen) atoms. The molecule has 0 radical (unpaired) electrons. The van der Waals surface area contributed by atoms with E-state index in [9.17, 15) is 4.79 Å². The normalized spacial score (nSPS) is 16.8. The van der Waals surface area contributed by atoms with Gasteiger partial charge in [0.15, 0.2) is 0 Å². The molecule has 1 amide bonds. The van der Waals surface area contributed by atoms with Crippen LogP contribution in [0.3, 0.4) is 0 Å². The molecule has 1 heterocycles. The number of amides is 1. The summed E-state index contributed by atoms with van der Waals surface area (Å²) in [6.07, 6.45) is 2.77. The summed E-state index contributed by atoms with van der Waals surface area (Å²) in [6.45, 7) is 9.64. The van der Waals surface area contributed by atoms with Gasteiger partial charge in [-0.15, -0.1) is 24.8 Å². The molecular formula is C14H31Cl2N3O2. The maximum absolute atomic E-state index is 11.9. The van der Waals surface area contributed by atoms with Crippen LogP contribution in [0.5, 0.6) is 0 Å². The Kier molecular flexibility index (Phi) is 15.0. The van der Waals surface area contributed by atoms with E-state index in [0.717, 1.165) is 52.1 Å². The number of carbonyl (C=O) groups is 1. The van der Waals surface area contributed by atoms with E-state index in [-0.39, 0.29) is 42.7 Å². The van der Waals surface area contributed by atoms with Crippen molar-refractivity contribution in [1.29, 1.82) is 0 Å². The predicted molar refractivity (Wildman–Crippen MR) is 91.4 cm³/mol. The summed E-state index contributed by atoms with van der Waals surface area (Å²) in [5.74, 6) is 0.267. The monoisotopic (exact) mass is 343 g/mol. The molecule has 1 atom stereocenters. The molecule has 0 spiro atoms. The first-order valence-electron chi connectivity index (χ1n) is 7.52. The third-order valence-electron chi connectivity index (χ3n) is 3.92. The molecule has 1 rings (SSSR count). The van der Waals surface area contributed by atoms with Gasteiger partial charge in [-0.3, -0.25) is 4.79 Å². The van der Waals surface area contributed by atoms with Crippen LogP contribution in [-0.2, 0) is 9.53 Å². The molecule has 5 nitrogen and oxygen atoms in total. The predicted octanol–water partition coefficient (Wildman–Crippen LogP) is 1.43. The van der Waals surface area contributed by atoms with Crippen molar-refractivity contribution >= 4 is 30.7 Å². The summed E-state index contributed by atoms with van der Waals surface area (Å²) in [7, 11) is 0. The molecule has 1 unspecified atom stereocenters. The van der Waals surface area contributed by atoms with Crippen LogP contribution in [0.2, 0.25) is 0 Å². The number of rotatable bonds is 8. The van der Waals surface area contributed by atoms with Gasteiger partial charge in [0, 0.05) is 19.8 Å². The summed E-state index contributed by atoms with van der Waals surface area (Å²) in [5.41, 5.74) is 6.01. The zero-order valence-electron chi connectivity index (χ0n) is 13.2. The van der Waals surface area contributed by atoms with Crippen LogP contribution in [0.15, 0.2) is 0 Å². The fourth-order valence-electron chi connectivity index (χ4n) is 2.46. The summed E-state index contributed by atoms with van der Waals surface area (Å²) < 4.78 is 5.29. The van der Waals surface area contributed by atoms with Crippen molar-refractivity contribution < 1.29 is 9.53 Å². The van der Waals surface area contributed by atoms with Crippen LogP contribution in [0.4, 0.5) is 0 Å². The first kappa shape index (κ1) is 23.2. The Hall–Kier alpha value is -0.0700. The number of hydrogen-bond acceptors (Lipinski definition) is 4. The molecule has 3 N–H and O–H groups in total. The van der Waals surface area contributed by atoms with Crippen molar-refractivity contribution in [3.05, 3.63) is 0 Å². The third-order valence-corrected chi connectivity index (χ3v) is 3.92. The second kappa shape index (κ2) is 13.6. The van der Waals surface area contributed by atoms with Gasteiger partial charge in [-0.2, -0.15) is 0 Å². The van der Waals surface area contributed by atoms with E-state index in [2.05, 4.69) is 24.1 Å². The van der Waals surface area contributed by atoms with Crippen LogP contribution in [0.1, 0.15) is 33.1 Å². The molecule has 1 saturated heterocycles. The topological polar surface area (TPSA) is 67.6 Å². The Labute approximate surface area is 141 Å². The highest BCUT2D eigenvalue weighted by molar-refractivity contribution is 5.85. The zero-order chi connectivity index (χ0) is 14.1. The van der Waals surface area contributed by atoms with E-state index in [1.54, 1.807) is 0 Å². The minimum Gasteiger partial charge on any atom is -0.381 e. The van der Waals surface area contributed by atoms with Crippen LogP contribution < -0.4 is 11.1 Å². The molecule has 1 fully saturated rings. The Morgan fingerprint density at radius 3 is 2.38 bits per heavy atom. The lowest BCUT2D eigenvalue weighted by Crippen LogP contribution is -2.47. The third kappa shape index (κ3) is 8.83. The fraction of sp³-hybridized carbons (Fsp3) is 0.929. The number of nitrogens with two attached hydrogens (primary N) is 1. The molecule has 0 aromatic rings. The van der Waals surface area contributed by atoms with E-state index in [1.807, 2.05) is 0 Å². The Morgan fingerprint density at radius 2 is 1.86 bits per heavy atom. The smallest absolute Gasteiger partial charge is 0.237 e. The number of nitrogens with zero attached hydrogens (tertiary/aromatic N) is 1. The first-order chi connectivity index (χ1) is 9.19. The molecule has 0 bridgehead atoms. The number of hydrogen-bond donors (Lipinski definition) is 2. The number of nitrogens with one attached hydrogen (secondary N) is 1.